The number of nitro benzene ring substituents is 2. The van der Waals surface area contributed by atoms with Crippen molar-refractivity contribution >= 4 is 43.2 Å². The monoisotopic (exact) mass is 642 g/mol. The molecule has 4 aromatic rings. The molecule has 0 amide bonds. The molecule has 0 unspecified atom stereocenters. The van der Waals surface area contributed by atoms with Crippen LogP contribution < -0.4 is 9.47 Å². The first kappa shape index (κ1) is 28.8. The van der Waals surface area contributed by atoms with Gasteiger partial charge in [-0.2, -0.15) is 0 Å². The molecule has 0 aliphatic carbocycles. The molecule has 10 heteroatoms. The van der Waals surface area contributed by atoms with Crippen LogP contribution >= 0.6 is 31.9 Å². The summed E-state index contributed by atoms with van der Waals surface area (Å²) in [5.41, 5.74) is 4.13. The van der Waals surface area contributed by atoms with Gasteiger partial charge >= 0.3 is 0 Å². The van der Waals surface area contributed by atoms with E-state index < -0.39 is 9.85 Å². The largest absolute Gasteiger partial charge is 0.456 e. The molecule has 0 aliphatic rings. The van der Waals surface area contributed by atoms with Gasteiger partial charge in [-0.3, -0.25) is 20.2 Å². The fourth-order valence-corrected chi connectivity index (χ4v) is 4.41. The number of nitro groups is 2. The van der Waals surface area contributed by atoms with Gasteiger partial charge < -0.3 is 9.47 Å². The number of ether oxygens (including phenoxy) is 2. The van der Waals surface area contributed by atoms with E-state index in [-0.39, 0.29) is 11.4 Å². The van der Waals surface area contributed by atoms with E-state index >= 15 is 0 Å². The van der Waals surface area contributed by atoms with Gasteiger partial charge in [-0.1, -0.05) is 36.4 Å². The third-order valence-electron chi connectivity index (χ3n) is 5.49. The third kappa shape index (κ3) is 7.17. The minimum absolute atomic E-state index is 0.0285. The van der Waals surface area contributed by atoms with Crippen LogP contribution in [0.3, 0.4) is 0 Å². The number of nitrogens with zero attached hydrogens (tertiary/aromatic N) is 2. The molecule has 196 valence electrons. The van der Waals surface area contributed by atoms with Crippen LogP contribution in [0, 0.1) is 47.9 Å². The number of rotatable bonds is 6. The summed E-state index contributed by atoms with van der Waals surface area (Å²) in [4.78, 5) is 20.5. The van der Waals surface area contributed by atoms with Crippen molar-refractivity contribution in [3.63, 3.8) is 0 Å². The van der Waals surface area contributed by atoms with Gasteiger partial charge in [0.1, 0.15) is 23.0 Å². The maximum Gasteiger partial charge on any atom is 0.270 e. The normalized spacial score (nSPS) is 10.3. The van der Waals surface area contributed by atoms with E-state index in [1.54, 1.807) is 12.1 Å². The van der Waals surface area contributed by atoms with E-state index in [1.807, 2.05) is 64.1 Å². The van der Waals surface area contributed by atoms with Crippen molar-refractivity contribution < 1.29 is 19.3 Å². The SMILES string of the molecule is Cc1cccc(C)c1Oc1ccc([N+](=O)[O-])cc1Br.Cc1cccc(C)c1Oc1ccc([N+](=O)[O-])cc1Br. The molecule has 0 saturated carbocycles. The summed E-state index contributed by atoms with van der Waals surface area (Å²) < 4.78 is 12.8. The van der Waals surface area contributed by atoms with Crippen LogP contribution in [0.4, 0.5) is 11.4 Å². The van der Waals surface area contributed by atoms with Gasteiger partial charge in [0.2, 0.25) is 0 Å². The fourth-order valence-electron chi connectivity index (χ4n) is 3.51. The second-order valence-corrected chi connectivity index (χ2v) is 10.1. The van der Waals surface area contributed by atoms with Crippen LogP contribution in [0.5, 0.6) is 23.0 Å². The summed E-state index contributed by atoms with van der Waals surface area (Å²) in [5, 5.41) is 21.3. The molecule has 0 radical (unpaired) electrons. The Balaban J connectivity index is 0.000000211. The molecule has 0 aliphatic heterocycles. The molecule has 0 aromatic heterocycles. The molecular weight excluding hydrogens is 620 g/mol. The average molecular weight is 644 g/mol. The molecule has 0 fully saturated rings. The molecule has 0 atom stereocenters. The van der Waals surface area contributed by atoms with Gasteiger partial charge in [-0.25, -0.2) is 0 Å². The Labute approximate surface area is 236 Å². The van der Waals surface area contributed by atoms with E-state index in [0.717, 1.165) is 33.8 Å². The quantitative estimate of drug-likeness (QED) is 0.153. The van der Waals surface area contributed by atoms with Crippen molar-refractivity contribution in [2.75, 3.05) is 0 Å². The van der Waals surface area contributed by atoms with Crippen molar-refractivity contribution in [1.29, 1.82) is 0 Å². The zero-order valence-corrected chi connectivity index (χ0v) is 24.2. The molecule has 8 nitrogen and oxygen atoms in total. The second kappa shape index (κ2) is 12.7. The van der Waals surface area contributed by atoms with Crippen molar-refractivity contribution in [3.8, 4) is 23.0 Å². The molecule has 38 heavy (non-hydrogen) atoms. The topological polar surface area (TPSA) is 105 Å². The van der Waals surface area contributed by atoms with Gasteiger partial charge in [-0.05, 0) is 93.9 Å². The first-order valence-electron chi connectivity index (χ1n) is 11.3. The Hall–Kier alpha value is -3.76. The highest BCUT2D eigenvalue weighted by Gasteiger charge is 2.13. The summed E-state index contributed by atoms with van der Waals surface area (Å²) in [6, 6.07) is 20.7. The minimum atomic E-state index is -0.437. The fraction of sp³-hybridized carbons (Fsp3) is 0.143. The number of halogens is 2. The highest BCUT2D eigenvalue weighted by Crippen LogP contribution is 2.36. The number of benzene rings is 4. The molecular formula is C28H24Br2N2O6. The van der Waals surface area contributed by atoms with Gasteiger partial charge in [0.25, 0.3) is 11.4 Å². The van der Waals surface area contributed by atoms with Crippen LogP contribution in [0.1, 0.15) is 22.3 Å². The lowest BCUT2D eigenvalue weighted by atomic mass is 10.1. The summed E-state index contributed by atoms with van der Waals surface area (Å²) in [7, 11) is 0. The van der Waals surface area contributed by atoms with E-state index in [9.17, 15) is 20.2 Å². The van der Waals surface area contributed by atoms with Gasteiger partial charge in [0.05, 0.1) is 18.8 Å². The second-order valence-electron chi connectivity index (χ2n) is 8.39. The summed E-state index contributed by atoms with van der Waals surface area (Å²) in [6.45, 7) is 7.84. The summed E-state index contributed by atoms with van der Waals surface area (Å²) in [5.74, 6) is 2.67. The van der Waals surface area contributed by atoms with Crippen LogP contribution in [-0.4, -0.2) is 9.85 Å². The number of hydrogen-bond acceptors (Lipinski definition) is 6. The smallest absolute Gasteiger partial charge is 0.270 e. The third-order valence-corrected chi connectivity index (χ3v) is 6.73. The Morgan fingerprint density at radius 2 is 0.895 bits per heavy atom. The molecule has 0 spiro atoms. The zero-order valence-electron chi connectivity index (χ0n) is 21.0. The summed E-state index contributed by atoms with van der Waals surface area (Å²) in [6.07, 6.45) is 0. The van der Waals surface area contributed by atoms with Crippen LogP contribution in [0.2, 0.25) is 0 Å². The van der Waals surface area contributed by atoms with E-state index in [2.05, 4.69) is 31.9 Å². The first-order valence-corrected chi connectivity index (χ1v) is 12.9. The number of para-hydroxylation sites is 2. The lowest BCUT2D eigenvalue weighted by Gasteiger charge is -2.12. The van der Waals surface area contributed by atoms with Gasteiger partial charge in [0.15, 0.2) is 0 Å². The van der Waals surface area contributed by atoms with Crippen molar-refractivity contribution in [2.45, 2.75) is 27.7 Å². The predicted molar refractivity (Wildman–Crippen MR) is 154 cm³/mol. The molecule has 4 aromatic carbocycles. The molecule has 0 heterocycles. The van der Waals surface area contributed by atoms with Gasteiger partial charge in [-0.15, -0.1) is 0 Å². The lowest BCUT2D eigenvalue weighted by molar-refractivity contribution is -0.385. The zero-order chi connectivity index (χ0) is 28.0. The Morgan fingerprint density at radius 1 is 0.579 bits per heavy atom. The number of aryl methyl sites for hydroxylation is 4. The maximum atomic E-state index is 10.7. The Bertz CT molecular complexity index is 1350. The minimum Gasteiger partial charge on any atom is -0.456 e. The van der Waals surface area contributed by atoms with E-state index in [0.29, 0.717) is 20.4 Å². The van der Waals surface area contributed by atoms with E-state index in [4.69, 9.17) is 9.47 Å². The standard InChI is InChI=1S/2C14H12BrNO3/c2*1-9-4-3-5-10(2)14(9)19-13-7-6-11(16(17)18)8-12(13)15/h2*3-8H,1-2H3. The predicted octanol–water partition coefficient (Wildman–Crippen LogP) is 9.53. The maximum absolute atomic E-state index is 10.7. The van der Waals surface area contributed by atoms with Crippen molar-refractivity contribution in [1.82, 2.24) is 0 Å². The highest BCUT2D eigenvalue weighted by atomic mass is 79.9. The van der Waals surface area contributed by atoms with Crippen molar-refractivity contribution in [3.05, 3.63) is 124 Å². The van der Waals surface area contributed by atoms with Crippen molar-refractivity contribution in [2.24, 2.45) is 0 Å². The first-order chi connectivity index (χ1) is 18.0. The van der Waals surface area contributed by atoms with Crippen LogP contribution in [0.25, 0.3) is 0 Å². The molecule has 0 bridgehead atoms. The van der Waals surface area contributed by atoms with Crippen LogP contribution in [-0.2, 0) is 0 Å². The molecule has 0 saturated heterocycles. The van der Waals surface area contributed by atoms with Crippen LogP contribution in [0.15, 0.2) is 81.7 Å². The molecule has 0 N–H and O–H groups in total. The highest BCUT2D eigenvalue weighted by molar-refractivity contribution is 9.11. The number of hydrogen-bond donors (Lipinski definition) is 0. The van der Waals surface area contributed by atoms with Gasteiger partial charge in [0, 0.05) is 24.3 Å². The Kier molecular flexibility index (Phi) is 9.60. The Morgan fingerprint density at radius 3 is 1.16 bits per heavy atom. The lowest BCUT2D eigenvalue weighted by Crippen LogP contribution is -1.93. The number of non-ortho nitro benzene ring substituents is 2. The average Bonchev–Trinajstić information content (AvgIpc) is 2.85. The summed E-state index contributed by atoms with van der Waals surface area (Å²) >= 11 is 6.59. The molecule has 4 rings (SSSR count). The van der Waals surface area contributed by atoms with E-state index in [1.165, 1.54) is 24.3 Å².